The first kappa shape index (κ1) is 9.37. The molecule has 0 bridgehead atoms. The second kappa shape index (κ2) is 3.19. The molecule has 1 aliphatic heterocycles. The molecule has 0 aliphatic carbocycles. The molecule has 1 aliphatic rings. The lowest BCUT2D eigenvalue weighted by Crippen LogP contribution is -2.13. The average molecular weight is 201 g/mol. The molecule has 0 saturated heterocycles. The minimum absolute atomic E-state index is 0.578. The maximum Gasteiger partial charge on any atom is 0.416 e. The maximum absolute atomic E-state index is 12.3. The van der Waals surface area contributed by atoms with E-state index >= 15 is 0 Å². The molecule has 4 heteroatoms. The van der Waals surface area contributed by atoms with Gasteiger partial charge in [-0.2, -0.15) is 13.2 Å². The maximum atomic E-state index is 12.3. The van der Waals surface area contributed by atoms with Gasteiger partial charge in [-0.05, 0) is 30.5 Å². The molecule has 1 aromatic carbocycles. The van der Waals surface area contributed by atoms with Gasteiger partial charge in [0.25, 0.3) is 0 Å². The first-order chi connectivity index (χ1) is 6.57. The van der Waals surface area contributed by atoms with Crippen LogP contribution in [0.2, 0.25) is 0 Å². The van der Waals surface area contributed by atoms with Crippen molar-refractivity contribution < 1.29 is 13.2 Å². The Kier molecular flexibility index (Phi) is 2.13. The number of nitrogens with one attached hydrogen (secondary N) is 1. The molecule has 0 fully saturated rings. The number of rotatable bonds is 0. The van der Waals surface area contributed by atoms with Crippen LogP contribution in [-0.2, 0) is 12.6 Å². The third-order valence-electron chi connectivity index (χ3n) is 2.38. The summed E-state index contributed by atoms with van der Waals surface area (Å²) in [5.41, 5.74) is 1.03. The molecular weight excluding hydrogens is 191 g/mol. The van der Waals surface area contributed by atoms with Crippen LogP contribution >= 0.6 is 0 Å². The lowest BCUT2D eigenvalue weighted by molar-refractivity contribution is -0.137. The fraction of sp³-hybridized carbons (Fsp3) is 0.400. The van der Waals surface area contributed by atoms with Crippen LogP contribution in [0.1, 0.15) is 17.5 Å². The molecule has 1 N–H and O–H groups in total. The predicted molar refractivity (Wildman–Crippen MR) is 48.3 cm³/mol. The SMILES string of the molecule is FC(F)(F)c1ccc2c(c1)NCCC2. The van der Waals surface area contributed by atoms with E-state index in [1.807, 2.05) is 0 Å². The number of fused-ring (bicyclic) bond motifs is 1. The molecule has 0 radical (unpaired) electrons. The summed E-state index contributed by atoms with van der Waals surface area (Å²) in [4.78, 5) is 0. The molecule has 0 saturated carbocycles. The quantitative estimate of drug-likeness (QED) is 0.680. The van der Waals surface area contributed by atoms with Gasteiger partial charge < -0.3 is 5.32 Å². The van der Waals surface area contributed by atoms with E-state index < -0.39 is 11.7 Å². The third-order valence-corrected chi connectivity index (χ3v) is 2.38. The first-order valence-electron chi connectivity index (χ1n) is 4.51. The van der Waals surface area contributed by atoms with E-state index in [0.29, 0.717) is 5.69 Å². The largest absolute Gasteiger partial charge is 0.416 e. The monoisotopic (exact) mass is 201 g/mol. The number of hydrogen-bond acceptors (Lipinski definition) is 1. The zero-order valence-corrected chi connectivity index (χ0v) is 7.49. The number of alkyl halides is 3. The summed E-state index contributed by atoms with van der Waals surface area (Å²) in [5, 5.41) is 2.98. The molecule has 0 amide bonds. The van der Waals surface area contributed by atoms with Crippen LogP contribution in [0.4, 0.5) is 18.9 Å². The van der Waals surface area contributed by atoms with Gasteiger partial charge >= 0.3 is 6.18 Å². The van der Waals surface area contributed by atoms with Crippen LogP contribution in [0.25, 0.3) is 0 Å². The first-order valence-corrected chi connectivity index (χ1v) is 4.51. The van der Waals surface area contributed by atoms with E-state index in [1.165, 1.54) is 6.07 Å². The second-order valence-corrected chi connectivity index (χ2v) is 3.40. The summed E-state index contributed by atoms with van der Waals surface area (Å²) in [5.74, 6) is 0. The molecule has 76 valence electrons. The Bertz CT molecular complexity index is 344. The summed E-state index contributed by atoms with van der Waals surface area (Å²) < 4.78 is 37.0. The molecule has 1 aromatic rings. The minimum Gasteiger partial charge on any atom is -0.385 e. The molecule has 1 heterocycles. The lowest BCUT2D eigenvalue weighted by Gasteiger charge is -2.19. The minimum atomic E-state index is -4.24. The van der Waals surface area contributed by atoms with Crippen molar-refractivity contribution in [2.45, 2.75) is 19.0 Å². The fourth-order valence-electron chi connectivity index (χ4n) is 1.64. The summed E-state index contributed by atoms with van der Waals surface area (Å²) in [6.07, 6.45) is -2.40. The normalized spacial score (nSPS) is 15.9. The Balaban J connectivity index is 2.39. The number of aryl methyl sites for hydroxylation is 1. The standard InChI is InChI=1S/C10H10F3N/c11-10(12,13)8-4-3-7-2-1-5-14-9(7)6-8/h3-4,6,14H,1-2,5H2. The van der Waals surface area contributed by atoms with E-state index in [1.54, 1.807) is 6.07 Å². The van der Waals surface area contributed by atoms with E-state index in [4.69, 9.17) is 0 Å². The zero-order chi connectivity index (χ0) is 10.2. The van der Waals surface area contributed by atoms with Gasteiger partial charge in [-0.25, -0.2) is 0 Å². The van der Waals surface area contributed by atoms with Crippen molar-refractivity contribution in [3.05, 3.63) is 29.3 Å². The predicted octanol–water partition coefficient (Wildman–Crippen LogP) is 3.06. The van der Waals surface area contributed by atoms with Gasteiger partial charge in [-0.3, -0.25) is 0 Å². The van der Waals surface area contributed by atoms with Crippen molar-refractivity contribution in [3.8, 4) is 0 Å². The highest BCUT2D eigenvalue weighted by molar-refractivity contribution is 5.55. The third kappa shape index (κ3) is 1.69. The van der Waals surface area contributed by atoms with Gasteiger partial charge in [-0.15, -0.1) is 0 Å². The highest BCUT2D eigenvalue weighted by Crippen LogP contribution is 2.33. The van der Waals surface area contributed by atoms with Crippen LogP contribution in [0.15, 0.2) is 18.2 Å². The van der Waals surface area contributed by atoms with Crippen molar-refractivity contribution in [2.24, 2.45) is 0 Å². The van der Waals surface area contributed by atoms with Crippen LogP contribution in [0.5, 0.6) is 0 Å². The van der Waals surface area contributed by atoms with Gasteiger partial charge in [0.2, 0.25) is 0 Å². The Morgan fingerprint density at radius 1 is 1.21 bits per heavy atom. The average Bonchev–Trinajstić information content (AvgIpc) is 2.16. The highest BCUT2D eigenvalue weighted by atomic mass is 19.4. The summed E-state index contributed by atoms with van der Waals surface area (Å²) >= 11 is 0. The molecule has 2 rings (SSSR count). The molecule has 0 spiro atoms. The Hall–Kier alpha value is -1.19. The smallest absolute Gasteiger partial charge is 0.385 e. The fourth-order valence-corrected chi connectivity index (χ4v) is 1.64. The van der Waals surface area contributed by atoms with Gasteiger partial charge in [-0.1, -0.05) is 6.07 Å². The van der Waals surface area contributed by atoms with Gasteiger partial charge in [0.05, 0.1) is 5.56 Å². The van der Waals surface area contributed by atoms with Crippen molar-refractivity contribution in [1.29, 1.82) is 0 Å². The molecule has 14 heavy (non-hydrogen) atoms. The van der Waals surface area contributed by atoms with Crippen molar-refractivity contribution in [1.82, 2.24) is 0 Å². The number of hydrogen-bond donors (Lipinski definition) is 1. The summed E-state index contributed by atoms with van der Waals surface area (Å²) in [6.45, 7) is 0.758. The van der Waals surface area contributed by atoms with Crippen LogP contribution < -0.4 is 5.32 Å². The Labute approximate surface area is 79.9 Å². The highest BCUT2D eigenvalue weighted by Gasteiger charge is 2.31. The van der Waals surface area contributed by atoms with Crippen molar-refractivity contribution in [2.75, 3.05) is 11.9 Å². The van der Waals surface area contributed by atoms with E-state index in [9.17, 15) is 13.2 Å². The van der Waals surface area contributed by atoms with Gasteiger partial charge in [0.15, 0.2) is 0 Å². The Morgan fingerprint density at radius 3 is 2.71 bits per heavy atom. The van der Waals surface area contributed by atoms with Gasteiger partial charge in [0.1, 0.15) is 0 Å². The van der Waals surface area contributed by atoms with Gasteiger partial charge in [0, 0.05) is 12.2 Å². The molecule has 0 aromatic heterocycles. The lowest BCUT2D eigenvalue weighted by atomic mass is 10.0. The number of anilines is 1. The second-order valence-electron chi connectivity index (χ2n) is 3.40. The van der Waals surface area contributed by atoms with Crippen LogP contribution in [0.3, 0.4) is 0 Å². The van der Waals surface area contributed by atoms with E-state index in [-0.39, 0.29) is 0 Å². The van der Waals surface area contributed by atoms with E-state index in [2.05, 4.69) is 5.32 Å². The van der Waals surface area contributed by atoms with Crippen LogP contribution in [0, 0.1) is 0 Å². The Morgan fingerprint density at radius 2 is 2.00 bits per heavy atom. The van der Waals surface area contributed by atoms with E-state index in [0.717, 1.165) is 31.0 Å². The zero-order valence-electron chi connectivity index (χ0n) is 7.49. The molecule has 0 unspecified atom stereocenters. The van der Waals surface area contributed by atoms with Crippen molar-refractivity contribution >= 4 is 5.69 Å². The summed E-state index contributed by atoms with van der Waals surface area (Å²) in [7, 11) is 0. The van der Waals surface area contributed by atoms with Crippen LogP contribution in [-0.4, -0.2) is 6.54 Å². The topological polar surface area (TPSA) is 12.0 Å². The number of benzene rings is 1. The summed E-state index contributed by atoms with van der Waals surface area (Å²) in [6, 6.07) is 3.89. The molecule has 1 nitrogen and oxygen atoms in total. The van der Waals surface area contributed by atoms with Crippen molar-refractivity contribution in [3.63, 3.8) is 0 Å². The number of halogens is 3. The molecule has 0 atom stereocenters. The molecular formula is C10H10F3N.